The van der Waals surface area contributed by atoms with E-state index in [4.69, 9.17) is 4.52 Å². The van der Waals surface area contributed by atoms with E-state index in [-0.39, 0.29) is 23.0 Å². The molecule has 0 bridgehead atoms. The summed E-state index contributed by atoms with van der Waals surface area (Å²) < 4.78 is 4.72. The highest BCUT2D eigenvalue weighted by molar-refractivity contribution is 5.13. The van der Waals surface area contributed by atoms with Gasteiger partial charge in [0.15, 0.2) is 5.82 Å². The van der Waals surface area contributed by atoms with Crippen molar-refractivity contribution in [3.05, 3.63) is 16.4 Å². The number of hydrogen-bond acceptors (Lipinski definition) is 5. The SMILES string of the molecule is CC[C@H]1CC2C3CC[C@H]([C@H](C)Cc4noc(=O)[nH]4)[C@@]3(C)C[C@H](O)C2[C@@]2(C)CC[C@@H](O)C[C@@H]12. The summed E-state index contributed by atoms with van der Waals surface area (Å²) in [7, 11) is 0. The monoisotopic (exact) mass is 446 g/mol. The molecule has 0 spiro atoms. The first-order valence-corrected chi connectivity index (χ1v) is 13.1. The molecule has 4 saturated carbocycles. The van der Waals surface area contributed by atoms with Gasteiger partial charge in [0.05, 0.1) is 12.2 Å². The fourth-order valence-electron chi connectivity index (χ4n) is 9.84. The van der Waals surface area contributed by atoms with E-state index >= 15 is 0 Å². The number of H-pyrrole nitrogens is 1. The normalized spacial score (nSPS) is 49.2. The molecular weight excluding hydrogens is 404 g/mol. The second-order valence-corrected chi connectivity index (χ2v) is 12.4. The minimum absolute atomic E-state index is 0.125. The van der Waals surface area contributed by atoms with E-state index in [2.05, 4.69) is 37.8 Å². The minimum atomic E-state index is -0.480. The molecule has 6 heteroatoms. The number of rotatable bonds is 4. The number of hydrogen-bond donors (Lipinski definition) is 3. The fraction of sp³-hybridized carbons (Fsp3) is 0.923. The van der Waals surface area contributed by atoms with Gasteiger partial charge in [0, 0.05) is 6.42 Å². The Labute approximate surface area is 191 Å². The first kappa shape index (κ1) is 22.6. The van der Waals surface area contributed by atoms with E-state index < -0.39 is 5.76 Å². The highest BCUT2D eigenvalue weighted by Gasteiger charge is 2.64. The fourth-order valence-corrected chi connectivity index (χ4v) is 9.84. The lowest BCUT2D eigenvalue weighted by molar-refractivity contribution is -0.196. The molecule has 1 aromatic heterocycles. The first-order valence-electron chi connectivity index (χ1n) is 13.1. The van der Waals surface area contributed by atoms with E-state index in [0.717, 1.165) is 32.1 Å². The third-order valence-corrected chi connectivity index (χ3v) is 11.0. The predicted octanol–water partition coefficient (Wildman–Crippen LogP) is 4.17. The van der Waals surface area contributed by atoms with Gasteiger partial charge in [-0.15, -0.1) is 0 Å². The Morgan fingerprint density at radius 3 is 2.62 bits per heavy atom. The summed E-state index contributed by atoms with van der Waals surface area (Å²) in [5, 5.41) is 26.1. The van der Waals surface area contributed by atoms with Crippen molar-refractivity contribution in [2.24, 2.45) is 52.3 Å². The minimum Gasteiger partial charge on any atom is -0.393 e. The summed E-state index contributed by atoms with van der Waals surface area (Å²) >= 11 is 0. The maximum absolute atomic E-state index is 11.7. The van der Waals surface area contributed by atoms with E-state index in [1.807, 2.05) is 0 Å². The van der Waals surface area contributed by atoms with E-state index in [1.54, 1.807) is 0 Å². The number of nitrogens with zero attached hydrogens (tertiary/aromatic N) is 1. The largest absolute Gasteiger partial charge is 0.438 e. The summed E-state index contributed by atoms with van der Waals surface area (Å²) in [6.07, 6.45) is 8.85. The van der Waals surface area contributed by atoms with Crippen LogP contribution in [0.3, 0.4) is 0 Å². The Kier molecular flexibility index (Phi) is 5.64. The van der Waals surface area contributed by atoms with Gasteiger partial charge in [-0.25, -0.2) is 4.79 Å². The summed E-state index contributed by atoms with van der Waals surface area (Å²) in [5.74, 6) is 3.85. The van der Waals surface area contributed by atoms with Crippen molar-refractivity contribution in [2.45, 2.75) is 97.7 Å². The quantitative estimate of drug-likeness (QED) is 0.645. The average Bonchev–Trinajstić information content (AvgIpc) is 3.29. The van der Waals surface area contributed by atoms with Crippen LogP contribution in [0.1, 0.15) is 84.9 Å². The molecule has 1 aromatic rings. The molecule has 3 N–H and O–H groups in total. The molecule has 0 saturated heterocycles. The van der Waals surface area contributed by atoms with E-state index in [0.29, 0.717) is 47.2 Å². The lowest BCUT2D eigenvalue weighted by Crippen LogP contribution is -2.61. The van der Waals surface area contributed by atoms with Gasteiger partial charge in [0.2, 0.25) is 0 Å². The lowest BCUT2D eigenvalue weighted by Gasteiger charge is -2.64. The number of aliphatic hydroxyl groups is 2. The van der Waals surface area contributed by atoms with Crippen LogP contribution < -0.4 is 5.76 Å². The molecule has 4 aliphatic carbocycles. The van der Waals surface area contributed by atoms with Crippen molar-refractivity contribution < 1.29 is 14.7 Å². The second kappa shape index (κ2) is 7.97. The Morgan fingerprint density at radius 1 is 1.16 bits per heavy atom. The second-order valence-electron chi connectivity index (χ2n) is 12.4. The summed E-state index contributed by atoms with van der Waals surface area (Å²) in [5.41, 5.74) is 0.271. The molecule has 0 aromatic carbocycles. The molecule has 6 nitrogen and oxygen atoms in total. The van der Waals surface area contributed by atoms with Crippen LogP contribution in [0.2, 0.25) is 0 Å². The Bertz CT molecular complexity index is 881. The molecule has 11 atom stereocenters. The molecule has 4 fully saturated rings. The molecule has 1 heterocycles. The molecular formula is C26H42N2O4. The van der Waals surface area contributed by atoms with Crippen LogP contribution in [-0.2, 0) is 6.42 Å². The molecule has 5 rings (SSSR count). The highest BCUT2D eigenvalue weighted by atomic mass is 16.5. The van der Waals surface area contributed by atoms with Gasteiger partial charge in [0.1, 0.15) is 0 Å². The van der Waals surface area contributed by atoms with E-state index in [1.165, 1.54) is 25.7 Å². The zero-order valence-corrected chi connectivity index (χ0v) is 20.2. The Morgan fingerprint density at radius 2 is 1.94 bits per heavy atom. The summed E-state index contributed by atoms with van der Waals surface area (Å²) in [4.78, 5) is 14.1. The third-order valence-electron chi connectivity index (χ3n) is 11.0. The predicted molar refractivity (Wildman–Crippen MR) is 122 cm³/mol. The summed E-state index contributed by atoms with van der Waals surface area (Å²) in [6.45, 7) is 9.49. The Balaban J connectivity index is 1.43. The van der Waals surface area contributed by atoms with Crippen LogP contribution in [0.15, 0.2) is 9.32 Å². The van der Waals surface area contributed by atoms with Gasteiger partial charge in [-0.3, -0.25) is 9.51 Å². The van der Waals surface area contributed by atoms with Crippen LogP contribution in [0, 0.1) is 52.3 Å². The number of nitrogens with one attached hydrogen (secondary N) is 1. The van der Waals surface area contributed by atoms with Crippen molar-refractivity contribution >= 4 is 0 Å². The zero-order chi connectivity index (χ0) is 22.8. The lowest BCUT2D eigenvalue weighted by atomic mass is 9.41. The molecule has 3 unspecified atom stereocenters. The van der Waals surface area contributed by atoms with Crippen molar-refractivity contribution in [1.82, 2.24) is 10.1 Å². The Hall–Kier alpha value is -1.14. The van der Waals surface area contributed by atoms with Gasteiger partial charge in [0.25, 0.3) is 0 Å². The van der Waals surface area contributed by atoms with Crippen LogP contribution >= 0.6 is 0 Å². The molecule has 4 aliphatic rings. The molecule has 0 amide bonds. The van der Waals surface area contributed by atoms with Crippen LogP contribution in [0.4, 0.5) is 0 Å². The number of aromatic amines is 1. The highest BCUT2D eigenvalue weighted by Crippen LogP contribution is 2.69. The standard InChI is InChI=1S/C26H42N2O4/c1-5-15-11-17-19-7-6-18(14(2)10-22-27-24(31)32-28-22)26(19,4)13-21(30)23(17)25(3)9-8-16(29)12-20(15)25/h14-21,23,29-30H,5-13H2,1-4H3,(H,27,28,31)/t14-,15+,16-,17?,18-,19?,20+,21+,23?,25+,26-/m1/s1. The number of aromatic nitrogens is 2. The maximum Gasteiger partial charge on any atom is 0.438 e. The molecule has 0 radical (unpaired) electrons. The number of fused-ring (bicyclic) bond motifs is 5. The molecule has 32 heavy (non-hydrogen) atoms. The number of aliphatic hydroxyl groups excluding tert-OH is 2. The van der Waals surface area contributed by atoms with Crippen molar-refractivity contribution in [3.63, 3.8) is 0 Å². The maximum atomic E-state index is 11.7. The van der Waals surface area contributed by atoms with E-state index in [9.17, 15) is 15.0 Å². The van der Waals surface area contributed by atoms with Gasteiger partial charge < -0.3 is 10.2 Å². The zero-order valence-electron chi connectivity index (χ0n) is 20.2. The smallest absolute Gasteiger partial charge is 0.393 e. The average molecular weight is 447 g/mol. The van der Waals surface area contributed by atoms with Gasteiger partial charge in [-0.1, -0.05) is 39.3 Å². The van der Waals surface area contributed by atoms with Crippen molar-refractivity contribution in [1.29, 1.82) is 0 Å². The van der Waals surface area contributed by atoms with Crippen molar-refractivity contribution in [3.8, 4) is 0 Å². The van der Waals surface area contributed by atoms with Gasteiger partial charge in [-0.2, -0.15) is 0 Å². The van der Waals surface area contributed by atoms with Crippen LogP contribution in [-0.4, -0.2) is 32.6 Å². The van der Waals surface area contributed by atoms with Crippen LogP contribution in [0.25, 0.3) is 0 Å². The van der Waals surface area contributed by atoms with Gasteiger partial charge in [-0.05, 0) is 97.2 Å². The van der Waals surface area contributed by atoms with Crippen molar-refractivity contribution in [2.75, 3.05) is 0 Å². The summed E-state index contributed by atoms with van der Waals surface area (Å²) in [6, 6.07) is 0. The van der Waals surface area contributed by atoms with Crippen LogP contribution in [0.5, 0.6) is 0 Å². The first-order chi connectivity index (χ1) is 15.2. The molecule has 0 aliphatic heterocycles. The molecule has 180 valence electrons. The topological polar surface area (TPSA) is 99.4 Å². The third kappa shape index (κ3) is 3.34. The van der Waals surface area contributed by atoms with Gasteiger partial charge >= 0.3 is 5.76 Å².